The molecule has 0 aromatic heterocycles. The van der Waals surface area contributed by atoms with Crippen LogP contribution in [0.1, 0.15) is 323 Å². The summed E-state index contributed by atoms with van der Waals surface area (Å²) in [4.78, 5) is 38.4. The second-order valence-corrected chi connectivity index (χ2v) is 22.3. The zero-order valence-corrected chi connectivity index (χ0v) is 52.6. The van der Waals surface area contributed by atoms with Gasteiger partial charge < -0.3 is 14.2 Å². The monoisotopic (exact) mass is 1110 g/mol. The van der Waals surface area contributed by atoms with Gasteiger partial charge in [0, 0.05) is 19.3 Å². The molecule has 0 amide bonds. The van der Waals surface area contributed by atoms with Gasteiger partial charge >= 0.3 is 17.9 Å². The molecular formula is C74H126O6. The van der Waals surface area contributed by atoms with Crippen molar-refractivity contribution in [2.75, 3.05) is 13.2 Å². The average Bonchev–Trinajstić information content (AvgIpc) is 3.46. The van der Waals surface area contributed by atoms with Crippen LogP contribution >= 0.6 is 0 Å². The predicted molar refractivity (Wildman–Crippen MR) is 348 cm³/mol. The van der Waals surface area contributed by atoms with Crippen LogP contribution in [0.15, 0.2) is 109 Å². The number of esters is 3. The van der Waals surface area contributed by atoms with Crippen LogP contribution in [0.25, 0.3) is 0 Å². The highest BCUT2D eigenvalue weighted by molar-refractivity contribution is 5.71. The molecule has 0 bridgehead atoms. The highest BCUT2D eigenvalue weighted by Crippen LogP contribution is 2.16. The molecule has 0 N–H and O–H groups in total. The van der Waals surface area contributed by atoms with Crippen molar-refractivity contribution in [1.29, 1.82) is 0 Å². The van der Waals surface area contributed by atoms with E-state index in [0.29, 0.717) is 19.3 Å². The molecule has 0 aliphatic rings. The summed E-state index contributed by atoms with van der Waals surface area (Å²) in [6, 6.07) is 0. The number of carbonyl (C=O) groups is 3. The van der Waals surface area contributed by atoms with Crippen LogP contribution in [-0.2, 0) is 28.6 Å². The van der Waals surface area contributed by atoms with Crippen LogP contribution in [0.2, 0.25) is 0 Å². The molecule has 6 heteroatoms. The fraction of sp³-hybridized carbons (Fsp3) is 0.716. The molecule has 458 valence electrons. The van der Waals surface area contributed by atoms with Gasteiger partial charge in [-0.2, -0.15) is 0 Å². The number of unbranched alkanes of at least 4 members (excludes halogenated alkanes) is 32. The summed E-state index contributed by atoms with van der Waals surface area (Å²) in [5.74, 6) is -0.897. The third-order valence-electron chi connectivity index (χ3n) is 14.5. The number of allylic oxidation sites excluding steroid dienone is 18. The molecule has 0 saturated heterocycles. The van der Waals surface area contributed by atoms with Gasteiger partial charge in [-0.05, 0) is 122 Å². The van der Waals surface area contributed by atoms with E-state index >= 15 is 0 Å². The molecule has 0 aromatic rings. The zero-order chi connectivity index (χ0) is 57.8. The van der Waals surface area contributed by atoms with Crippen LogP contribution in [0.5, 0.6) is 0 Å². The number of rotatable bonds is 61. The lowest BCUT2D eigenvalue weighted by Gasteiger charge is -2.18. The second kappa shape index (κ2) is 67.6. The standard InChI is InChI=1S/C74H126O6/c1-4-7-10-13-16-19-22-25-28-31-33-34-35-36-37-38-39-40-42-43-46-49-52-55-58-61-64-67-73(76)79-70-71(69-78-72(75)66-63-60-57-54-51-48-45-30-27-24-21-18-15-12-9-6-3)80-74(77)68-65-62-59-56-53-50-47-44-41-32-29-26-23-20-17-14-11-8-5-2/h7-8,10-11,16-17,19-20,25-26,28-30,33-34,41,44-45,71H,4-6,9,12-15,18,21-24,27,31-32,35-40,42-43,46-70H2,1-3H3/b10-7-,11-8-,19-16-,20-17-,28-25-,29-26-,34-33-,44-41-,45-30-. The summed E-state index contributed by atoms with van der Waals surface area (Å²) in [5.41, 5.74) is 0. The van der Waals surface area contributed by atoms with Gasteiger partial charge in [-0.15, -0.1) is 0 Å². The van der Waals surface area contributed by atoms with E-state index in [9.17, 15) is 14.4 Å². The normalized spacial score (nSPS) is 12.8. The summed E-state index contributed by atoms with van der Waals surface area (Å²) in [6.45, 7) is 6.43. The first kappa shape index (κ1) is 76.1. The van der Waals surface area contributed by atoms with Gasteiger partial charge in [0.1, 0.15) is 13.2 Å². The van der Waals surface area contributed by atoms with Crippen LogP contribution < -0.4 is 0 Å². The number of carbonyl (C=O) groups excluding carboxylic acids is 3. The minimum absolute atomic E-state index is 0.0860. The number of hydrogen-bond donors (Lipinski definition) is 0. The summed E-state index contributed by atoms with van der Waals surface area (Å²) in [5, 5.41) is 0. The quantitative estimate of drug-likeness (QED) is 0.0261. The predicted octanol–water partition coefficient (Wildman–Crippen LogP) is 23.4. The van der Waals surface area contributed by atoms with Crippen LogP contribution in [0.3, 0.4) is 0 Å². The maximum Gasteiger partial charge on any atom is 0.306 e. The molecule has 0 rings (SSSR count). The molecule has 1 unspecified atom stereocenters. The Morgan fingerprint density at radius 3 is 0.775 bits per heavy atom. The Morgan fingerprint density at radius 2 is 0.487 bits per heavy atom. The van der Waals surface area contributed by atoms with E-state index in [1.54, 1.807) is 0 Å². The van der Waals surface area contributed by atoms with E-state index in [4.69, 9.17) is 14.2 Å². The lowest BCUT2D eigenvalue weighted by atomic mass is 10.0. The molecule has 0 aromatic carbocycles. The van der Waals surface area contributed by atoms with Crippen LogP contribution in [-0.4, -0.2) is 37.2 Å². The lowest BCUT2D eigenvalue weighted by Crippen LogP contribution is -2.30. The van der Waals surface area contributed by atoms with Gasteiger partial charge in [-0.3, -0.25) is 14.4 Å². The smallest absolute Gasteiger partial charge is 0.306 e. The van der Waals surface area contributed by atoms with E-state index in [1.807, 2.05) is 0 Å². The summed E-state index contributed by atoms with van der Waals surface area (Å²) in [6.07, 6.45) is 92.4. The highest BCUT2D eigenvalue weighted by Gasteiger charge is 2.19. The fourth-order valence-electron chi connectivity index (χ4n) is 9.48. The lowest BCUT2D eigenvalue weighted by molar-refractivity contribution is -0.167. The molecule has 0 fully saturated rings. The van der Waals surface area contributed by atoms with Crippen molar-refractivity contribution in [3.63, 3.8) is 0 Å². The summed E-state index contributed by atoms with van der Waals surface area (Å²) >= 11 is 0. The molecule has 6 nitrogen and oxygen atoms in total. The van der Waals surface area contributed by atoms with E-state index in [-0.39, 0.29) is 31.1 Å². The van der Waals surface area contributed by atoms with Crippen LogP contribution in [0.4, 0.5) is 0 Å². The number of hydrogen-bond acceptors (Lipinski definition) is 6. The van der Waals surface area contributed by atoms with Crippen molar-refractivity contribution in [3.8, 4) is 0 Å². The first-order chi connectivity index (χ1) is 39.5. The van der Waals surface area contributed by atoms with Gasteiger partial charge in [0.2, 0.25) is 0 Å². The Balaban J connectivity index is 4.34. The Hall–Kier alpha value is -3.93. The van der Waals surface area contributed by atoms with Crippen molar-refractivity contribution >= 4 is 17.9 Å². The SMILES string of the molecule is CC/C=C\C/C=C\C/C=C\C/C=C\CCCCCCCCCCCCCCCCC(=O)OCC(COC(=O)CCCCCCC/C=C\CCCCCCCCC)OC(=O)CCCCCCCC/C=C\C/C=C\C/C=C\C/C=C\CC. The summed E-state index contributed by atoms with van der Waals surface area (Å²) < 4.78 is 17.0. The molecule has 0 radical (unpaired) electrons. The van der Waals surface area contributed by atoms with E-state index in [2.05, 4.69) is 130 Å². The van der Waals surface area contributed by atoms with Crippen molar-refractivity contribution in [2.45, 2.75) is 329 Å². The van der Waals surface area contributed by atoms with Gasteiger partial charge in [-0.25, -0.2) is 0 Å². The molecule has 80 heavy (non-hydrogen) atoms. The third kappa shape index (κ3) is 64.9. The molecule has 0 heterocycles. The van der Waals surface area contributed by atoms with E-state index < -0.39 is 6.10 Å². The first-order valence-corrected chi connectivity index (χ1v) is 33.9. The molecular weight excluding hydrogens is 985 g/mol. The minimum Gasteiger partial charge on any atom is -0.462 e. The van der Waals surface area contributed by atoms with Gasteiger partial charge in [0.15, 0.2) is 6.10 Å². The third-order valence-corrected chi connectivity index (χ3v) is 14.5. The van der Waals surface area contributed by atoms with Crippen LogP contribution in [0, 0.1) is 0 Å². The Morgan fingerprint density at radius 1 is 0.263 bits per heavy atom. The van der Waals surface area contributed by atoms with Crippen molar-refractivity contribution in [2.24, 2.45) is 0 Å². The molecule has 0 spiro atoms. The van der Waals surface area contributed by atoms with E-state index in [1.165, 1.54) is 154 Å². The van der Waals surface area contributed by atoms with Crippen molar-refractivity contribution in [3.05, 3.63) is 109 Å². The maximum atomic E-state index is 12.9. The zero-order valence-electron chi connectivity index (χ0n) is 52.6. The Labute approximate surface area is 495 Å². The molecule has 0 aliphatic carbocycles. The summed E-state index contributed by atoms with van der Waals surface area (Å²) in [7, 11) is 0. The highest BCUT2D eigenvalue weighted by atomic mass is 16.6. The van der Waals surface area contributed by atoms with Gasteiger partial charge in [0.05, 0.1) is 0 Å². The maximum absolute atomic E-state index is 12.9. The van der Waals surface area contributed by atoms with Gasteiger partial charge in [0.25, 0.3) is 0 Å². The second-order valence-electron chi connectivity index (χ2n) is 22.3. The molecule has 0 saturated carbocycles. The van der Waals surface area contributed by atoms with Crippen molar-refractivity contribution in [1.82, 2.24) is 0 Å². The Kier molecular flexibility index (Phi) is 64.3. The van der Waals surface area contributed by atoms with E-state index in [0.717, 1.165) is 128 Å². The minimum atomic E-state index is -0.792. The molecule has 1 atom stereocenters. The largest absolute Gasteiger partial charge is 0.462 e. The molecule has 0 aliphatic heterocycles. The topological polar surface area (TPSA) is 78.9 Å². The fourth-order valence-corrected chi connectivity index (χ4v) is 9.48. The first-order valence-electron chi connectivity index (χ1n) is 33.9. The van der Waals surface area contributed by atoms with Crippen molar-refractivity contribution < 1.29 is 28.6 Å². The average molecular weight is 1110 g/mol. The number of ether oxygens (including phenoxy) is 3. The Bertz CT molecular complexity index is 1610. The van der Waals surface area contributed by atoms with Gasteiger partial charge in [-0.1, -0.05) is 291 Å².